The Kier molecular flexibility index (Phi) is 5.64. The molecule has 1 aliphatic heterocycles. The molecule has 7 heteroatoms. The second-order valence-electron chi connectivity index (χ2n) is 5.65. The molecule has 0 aliphatic carbocycles. The van der Waals surface area contributed by atoms with Crippen molar-refractivity contribution in [1.82, 2.24) is 9.80 Å². The number of piperazine rings is 1. The van der Waals surface area contributed by atoms with Gasteiger partial charge in [-0.3, -0.25) is 9.69 Å². The van der Waals surface area contributed by atoms with Gasteiger partial charge < -0.3 is 10.0 Å². The van der Waals surface area contributed by atoms with Crippen LogP contribution in [0, 0.1) is 0 Å². The van der Waals surface area contributed by atoms with Crippen LogP contribution in [0.3, 0.4) is 0 Å². The van der Waals surface area contributed by atoms with Crippen LogP contribution in [0.4, 0.5) is 13.2 Å². The Hall–Kier alpha value is -1.60. The zero-order valence-electron chi connectivity index (χ0n) is 13.0. The molecule has 1 heterocycles. The van der Waals surface area contributed by atoms with Crippen LogP contribution < -0.4 is 0 Å². The third-order valence-corrected chi connectivity index (χ3v) is 4.24. The Morgan fingerprint density at radius 3 is 2.43 bits per heavy atom. The third kappa shape index (κ3) is 4.23. The number of benzene rings is 1. The molecule has 0 radical (unpaired) electrons. The summed E-state index contributed by atoms with van der Waals surface area (Å²) in [4.78, 5) is 16.1. The summed E-state index contributed by atoms with van der Waals surface area (Å²) in [5, 5.41) is 9.31. The first-order valence-corrected chi connectivity index (χ1v) is 7.68. The van der Waals surface area contributed by atoms with Gasteiger partial charge in [0.05, 0.1) is 12.2 Å². The Labute approximate surface area is 133 Å². The highest BCUT2D eigenvalue weighted by Gasteiger charge is 2.32. The molecule has 1 atom stereocenters. The minimum atomic E-state index is -4.45. The maximum atomic E-state index is 12.7. The fourth-order valence-corrected chi connectivity index (χ4v) is 2.80. The van der Waals surface area contributed by atoms with E-state index in [2.05, 4.69) is 4.90 Å². The second kappa shape index (κ2) is 7.31. The van der Waals surface area contributed by atoms with Crippen molar-refractivity contribution in [2.45, 2.75) is 25.6 Å². The molecule has 1 N–H and O–H groups in total. The SMILES string of the molecule is CCC(CO)N1CCN(C(=O)c2cccc(C(F)(F)F)c2)CC1. The summed E-state index contributed by atoms with van der Waals surface area (Å²) in [6, 6.07) is 4.59. The highest BCUT2D eigenvalue weighted by Crippen LogP contribution is 2.29. The first kappa shape index (κ1) is 17.7. The molecule has 4 nitrogen and oxygen atoms in total. The van der Waals surface area contributed by atoms with Crippen molar-refractivity contribution in [3.63, 3.8) is 0 Å². The summed E-state index contributed by atoms with van der Waals surface area (Å²) < 4.78 is 38.2. The zero-order valence-corrected chi connectivity index (χ0v) is 13.0. The number of carbonyl (C=O) groups excluding carboxylic acids is 1. The number of halogens is 3. The molecular formula is C16H21F3N2O2. The van der Waals surface area contributed by atoms with Gasteiger partial charge in [-0.05, 0) is 24.6 Å². The van der Waals surface area contributed by atoms with E-state index >= 15 is 0 Å². The Morgan fingerprint density at radius 2 is 1.91 bits per heavy atom. The van der Waals surface area contributed by atoms with Gasteiger partial charge in [-0.15, -0.1) is 0 Å². The first-order chi connectivity index (χ1) is 10.9. The van der Waals surface area contributed by atoms with Crippen molar-refractivity contribution >= 4 is 5.91 Å². The van der Waals surface area contributed by atoms with E-state index in [9.17, 15) is 23.1 Å². The lowest BCUT2D eigenvalue weighted by atomic mass is 10.1. The Morgan fingerprint density at radius 1 is 1.26 bits per heavy atom. The molecule has 0 bridgehead atoms. The van der Waals surface area contributed by atoms with E-state index in [1.54, 1.807) is 4.90 Å². The number of amides is 1. The van der Waals surface area contributed by atoms with Crippen molar-refractivity contribution in [2.75, 3.05) is 32.8 Å². The molecule has 1 aromatic rings. The normalized spacial score (nSPS) is 18.0. The van der Waals surface area contributed by atoms with Crippen LogP contribution in [0.15, 0.2) is 24.3 Å². The minimum Gasteiger partial charge on any atom is -0.395 e. The monoisotopic (exact) mass is 330 g/mol. The molecule has 1 amide bonds. The molecule has 0 aromatic heterocycles. The number of carbonyl (C=O) groups is 1. The van der Waals surface area contributed by atoms with E-state index in [1.165, 1.54) is 12.1 Å². The lowest BCUT2D eigenvalue weighted by Gasteiger charge is -2.38. The van der Waals surface area contributed by atoms with E-state index in [-0.39, 0.29) is 24.1 Å². The smallest absolute Gasteiger partial charge is 0.395 e. The first-order valence-electron chi connectivity index (χ1n) is 7.68. The molecule has 1 aromatic carbocycles. The summed E-state index contributed by atoms with van der Waals surface area (Å²) in [7, 11) is 0. The molecular weight excluding hydrogens is 309 g/mol. The van der Waals surface area contributed by atoms with Gasteiger partial charge in [0, 0.05) is 37.8 Å². The van der Waals surface area contributed by atoms with E-state index in [0.717, 1.165) is 18.6 Å². The average Bonchev–Trinajstić information content (AvgIpc) is 2.55. The summed E-state index contributed by atoms with van der Waals surface area (Å²) in [6.07, 6.45) is -3.64. The molecule has 0 spiro atoms. The second-order valence-corrected chi connectivity index (χ2v) is 5.65. The van der Waals surface area contributed by atoms with E-state index in [1.807, 2.05) is 6.92 Å². The van der Waals surface area contributed by atoms with Crippen molar-refractivity contribution in [3.8, 4) is 0 Å². The number of hydrogen-bond donors (Lipinski definition) is 1. The quantitative estimate of drug-likeness (QED) is 0.921. The van der Waals surface area contributed by atoms with Gasteiger partial charge in [-0.25, -0.2) is 0 Å². The maximum absolute atomic E-state index is 12.7. The van der Waals surface area contributed by atoms with Crippen LogP contribution in [0.2, 0.25) is 0 Å². The fraction of sp³-hybridized carbons (Fsp3) is 0.562. The minimum absolute atomic E-state index is 0.0578. The number of hydrogen-bond acceptors (Lipinski definition) is 3. The van der Waals surface area contributed by atoms with Crippen molar-refractivity contribution < 1.29 is 23.1 Å². The van der Waals surface area contributed by atoms with E-state index in [0.29, 0.717) is 26.2 Å². The van der Waals surface area contributed by atoms with Crippen molar-refractivity contribution in [3.05, 3.63) is 35.4 Å². The molecule has 1 aliphatic rings. The van der Waals surface area contributed by atoms with Gasteiger partial charge in [-0.2, -0.15) is 13.2 Å². The lowest BCUT2D eigenvalue weighted by molar-refractivity contribution is -0.137. The summed E-state index contributed by atoms with van der Waals surface area (Å²) in [5.74, 6) is -0.382. The molecule has 0 saturated carbocycles. The molecule has 1 unspecified atom stereocenters. The summed E-state index contributed by atoms with van der Waals surface area (Å²) >= 11 is 0. The number of aliphatic hydroxyl groups is 1. The zero-order chi connectivity index (χ0) is 17.0. The third-order valence-electron chi connectivity index (χ3n) is 4.24. The van der Waals surface area contributed by atoms with Gasteiger partial charge in [0.1, 0.15) is 0 Å². The van der Waals surface area contributed by atoms with Crippen LogP contribution in [0.25, 0.3) is 0 Å². The van der Waals surface area contributed by atoms with Gasteiger partial charge in [0.15, 0.2) is 0 Å². The number of nitrogens with zero attached hydrogens (tertiary/aromatic N) is 2. The highest BCUT2D eigenvalue weighted by molar-refractivity contribution is 5.94. The maximum Gasteiger partial charge on any atom is 0.416 e. The predicted molar refractivity (Wildman–Crippen MR) is 80.1 cm³/mol. The van der Waals surface area contributed by atoms with Crippen molar-refractivity contribution in [1.29, 1.82) is 0 Å². The van der Waals surface area contributed by atoms with Gasteiger partial charge in [0.2, 0.25) is 0 Å². The van der Waals surface area contributed by atoms with Crippen LogP contribution in [-0.4, -0.2) is 59.6 Å². The van der Waals surface area contributed by atoms with Gasteiger partial charge >= 0.3 is 6.18 Å². The summed E-state index contributed by atoms with van der Waals surface area (Å²) in [6.45, 7) is 4.18. The van der Waals surface area contributed by atoms with Crippen molar-refractivity contribution in [2.24, 2.45) is 0 Å². The number of alkyl halides is 3. The van der Waals surface area contributed by atoms with Crippen LogP contribution in [-0.2, 0) is 6.18 Å². The molecule has 23 heavy (non-hydrogen) atoms. The molecule has 128 valence electrons. The Balaban J connectivity index is 2.03. The topological polar surface area (TPSA) is 43.8 Å². The predicted octanol–water partition coefficient (Wildman–Crippen LogP) is 2.23. The molecule has 1 saturated heterocycles. The van der Waals surface area contributed by atoms with E-state index in [4.69, 9.17) is 0 Å². The van der Waals surface area contributed by atoms with Gasteiger partial charge in [-0.1, -0.05) is 13.0 Å². The average molecular weight is 330 g/mol. The fourth-order valence-electron chi connectivity index (χ4n) is 2.80. The lowest BCUT2D eigenvalue weighted by Crippen LogP contribution is -2.52. The van der Waals surface area contributed by atoms with E-state index < -0.39 is 11.7 Å². The van der Waals surface area contributed by atoms with Crippen LogP contribution >= 0.6 is 0 Å². The summed E-state index contributed by atoms with van der Waals surface area (Å²) in [5.41, 5.74) is -0.754. The molecule has 2 rings (SSSR count). The Bertz CT molecular complexity index is 536. The van der Waals surface area contributed by atoms with Gasteiger partial charge in [0.25, 0.3) is 5.91 Å². The van der Waals surface area contributed by atoms with Crippen LogP contribution in [0.1, 0.15) is 29.3 Å². The number of aliphatic hydroxyl groups excluding tert-OH is 1. The van der Waals surface area contributed by atoms with Crippen LogP contribution in [0.5, 0.6) is 0 Å². The highest BCUT2D eigenvalue weighted by atomic mass is 19.4. The molecule has 1 fully saturated rings. The largest absolute Gasteiger partial charge is 0.416 e. The standard InChI is InChI=1S/C16H21F3N2O2/c1-2-14(11-22)20-6-8-21(9-7-20)15(23)12-4-3-5-13(10-12)16(17,18)19/h3-5,10,14,22H,2,6-9,11H2,1H3. The number of rotatable bonds is 4.